The number of halogens is 6. The summed E-state index contributed by atoms with van der Waals surface area (Å²) in [7, 11) is 0. The van der Waals surface area contributed by atoms with E-state index in [1.165, 1.54) is 0 Å². The van der Waals surface area contributed by atoms with Crippen LogP contribution in [0.5, 0.6) is 0 Å². The lowest BCUT2D eigenvalue weighted by Gasteiger charge is -2.12. The summed E-state index contributed by atoms with van der Waals surface area (Å²) in [5.74, 6) is -0.281. The van der Waals surface area contributed by atoms with Crippen molar-refractivity contribution < 1.29 is 4.39 Å². The molecule has 0 aliphatic heterocycles. The molecule has 6 heteroatoms. The van der Waals surface area contributed by atoms with Crippen LogP contribution in [0.15, 0.2) is 13.4 Å². The first kappa shape index (κ1) is 13.6. The average molecular weight is 519 g/mol. The van der Waals surface area contributed by atoms with Gasteiger partial charge in [0.05, 0.1) is 8.95 Å². The molecule has 0 heterocycles. The molecule has 0 radical (unpaired) electrons. The van der Waals surface area contributed by atoms with Crippen molar-refractivity contribution in [1.29, 1.82) is 0 Å². The molecule has 0 N–H and O–H groups in total. The highest BCUT2D eigenvalue weighted by atomic mass is 79.9. The van der Waals surface area contributed by atoms with E-state index in [2.05, 4.69) is 79.6 Å². The van der Waals surface area contributed by atoms with Crippen molar-refractivity contribution >= 4 is 79.6 Å². The van der Waals surface area contributed by atoms with Crippen LogP contribution in [0.2, 0.25) is 0 Å². The van der Waals surface area contributed by atoms with Crippen molar-refractivity contribution in [3.05, 3.63) is 30.4 Å². The summed E-state index contributed by atoms with van der Waals surface area (Å²) in [6.07, 6.45) is 0. The highest BCUT2D eigenvalue weighted by molar-refractivity contribution is 9.13. The minimum absolute atomic E-state index is 0.281. The largest absolute Gasteiger partial charge is 0.204 e. The van der Waals surface area contributed by atoms with Crippen LogP contribution in [0.1, 0.15) is 11.1 Å². The van der Waals surface area contributed by atoms with Gasteiger partial charge in [0, 0.05) is 15.1 Å². The van der Waals surface area contributed by atoms with Crippen LogP contribution >= 0.6 is 79.6 Å². The van der Waals surface area contributed by atoms with E-state index in [1.54, 1.807) is 0 Å². The first-order chi connectivity index (χ1) is 6.54. The van der Waals surface area contributed by atoms with Gasteiger partial charge in [-0.25, -0.2) is 4.39 Å². The lowest BCUT2D eigenvalue weighted by Crippen LogP contribution is -1.97. The van der Waals surface area contributed by atoms with Crippen molar-refractivity contribution in [3.8, 4) is 0 Å². The Balaban J connectivity index is 3.57. The fraction of sp³-hybridized carbons (Fsp3) is 0.250. The minimum Gasteiger partial charge on any atom is -0.204 e. The van der Waals surface area contributed by atoms with Crippen LogP contribution in [-0.2, 0) is 10.7 Å². The number of alkyl halides is 2. The summed E-state index contributed by atoms with van der Waals surface area (Å²) in [5, 5.41) is 1.28. The van der Waals surface area contributed by atoms with Gasteiger partial charge >= 0.3 is 0 Å². The topological polar surface area (TPSA) is 0 Å². The summed E-state index contributed by atoms with van der Waals surface area (Å²) < 4.78 is 15.3. The first-order valence-corrected chi connectivity index (χ1v) is 8.12. The molecule has 0 spiro atoms. The molecule has 78 valence electrons. The smallest absolute Gasteiger partial charge is 0.153 e. The van der Waals surface area contributed by atoms with Crippen molar-refractivity contribution in [1.82, 2.24) is 0 Å². The average Bonchev–Trinajstić information content (AvgIpc) is 2.20. The molecule has 1 aromatic rings. The molecule has 0 bridgehead atoms. The third-order valence-electron chi connectivity index (χ3n) is 1.74. The van der Waals surface area contributed by atoms with Gasteiger partial charge in [0.2, 0.25) is 0 Å². The van der Waals surface area contributed by atoms with Gasteiger partial charge in [0.25, 0.3) is 0 Å². The van der Waals surface area contributed by atoms with E-state index < -0.39 is 0 Å². The molecule has 0 aliphatic carbocycles. The summed E-state index contributed by atoms with van der Waals surface area (Å²) in [6.45, 7) is 0. The Kier molecular flexibility index (Phi) is 5.59. The molecule has 0 aliphatic rings. The van der Waals surface area contributed by atoms with E-state index in [1.807, 2.05) is 0 Å². The van der Waals surface area contributed by atoms with Crippen LogP contribution in [0.25, 0.3) is 0 Å². The van der Waals surface area contributed by atoms with Crippen molar-refractivity contribution in [2.45, 2.75) is 10.7 Å². The number of rotatable bonds is 2. The lowest BCUT2D eigenvalue weighted by molar-refractivity contribution is 0.610. The molecule has 0 amide bonds. The van der Waals surface area contributed by atoms with Crippen LogP contribution in [0.3, 0.4) is 0 Å². The summed E-state index contributed by atoms with van der Waals surface area (Å²) in [5.41, 5.74) is 1.94. The van der Waals surface area contributed by atoms with Gasteiger partial charge in [-0.05, 0) is 58.9 Å². The normalized spacial score (nSPS) is 10.7. The standard InChI is InChI=1S/C8H4Br5F/c9-1-3-4(2-10)6(12)8(14)7(13)5(3)11/h1-2H2. The molecular weight excluding hydrogens is 515 g/mol. The molecular formula is C8H4Br5F. The third-order valence-corrected chi connectivity index (χ3v) is 5.84. The number of hydrogen-bond donors (Lipinski definition) is 0. The molecule has 14 heavy (non-hydrogen) atoms. The second-order valence-electron chi connectivity index (χ2n) is 2.48. The minimum atomic E-state index is -0.281. The Hall–Kier alpha value is 1.55. The van der Waals surface area contributed by atoms with E-state index in [0.717, 1.165) is 15.6 Å². The molecule has 0 atom stereocenters. The zero-order valence-electron chi connectivity index (χ0n) is 6.68. The maximum absolute atomic E-state index is 13.6. The quantitative estimate of drug-likeness (QED) is 0.260. The van der Waals surface area contributed by atoms with Crippen molar-refractivity contribution in [3.63, 3.8) is 0 Å². The Morgan fingerprint density at radius 3 is 1.64 bits per heavy atom. The fourth-order valence-corrected chi connectivity index (χ4v) is 4.83. The third kappa shape index (κ3) is 2.44. The van der Waals surface area contributed by atoms with E-state index >= 15 is 0 Å². The van der Waals surface area contributed by atoms with E-state index in [9.17, 15) is 4.39 Å². The van der Waals surface area contributed by atoms with Crippen LogP contribution < -0.4 is 0 Å². The van der Waals surface area contributed by atoms with Crippen LogP contribution in [-0.4, -0.2) is 0 Å². The second kappa shape index (κ2) is 5.75. The van der Waals surface area contributed by atoms with E-state index in [4.69, 9.17) is 0 Å². The summed E-state index contributed by atoms with van der Waals surface area (Å²) in [4.78, 5) is 0. The molecule has 1 rings (SSSR count). The summed E-state index contributed by atoms with van der Waals surface area (Å²) >= 11 is 16.5. The van der Waals surface area contributed by atoms with Crippen molar-refractivity contribution in [2.24, 2.45) is 0 Å². The van der Waals surface area contributed by atoms with Crippen molar-refractivity contribution in [2.75, 3.05) is 0 Å². The van der Waals surface area contributed by atoms with Gasteiger partial charge in [-0.15, -0.1) is 0 Å². The van der Waals surface area contributed by atoms with Gasteiger partial charge in [0.1, 0.15) is 0 Å². The Labute approximate surface area is 124 Å². The van der Waals surface area contributed by atoms with Gasteiger partial charge in [0.15, 0.2) is 5.82 Å². The van der Waals surface area contributed by atoms with Gasteiger partial charge in [-0.1, -0.05) is 31.9 Å². The van der Waals surface area contributed by atoms with Gasteiger partial charge in [-0.3, -0.25) is 0 Å². The molecule has 1 aromatic carbocycles. The molecule has 0 nitrogen and oxygen atoms in total. The summed E-state index contributed by atoms with van der Waals surface area (Å²) in [6, 6.07) is 0. The molecule has 0 unspecified atom stereocenters. The highest BCUT2D eigenvalue weighted by Gasteiger charge is 2.18. The maximum atomic E-state index is 13.6. The fourth-order valence-electron chi connectivity index (χ4n) is 1.00. The zero-order valence-corrected chi connectivity index (χ0v) is 14.6. The SMILES string of the molecule is Fc1c(Br)c(Br)c(CBr)c(CBr)c1Br. The monoisotopic (exact) mass is 514 g/mol. The highest BCUT2D eigenvalue weighted by Crippen LogP contribution is 2.39. The molecule has 0 saturated heterocycles. The Morgan fingerprint density at radius 1 is 0.786 bits per heavy atom. The van der Waals surface area contributed by atoms with Crippen LogP contribution in [0, 0.1) is 5.82 Å². The number of benzene rings is 1. The number of hydrogen-bond acceptors (Lipinski definition) is 0. The predicted octanol–water partition coefficient (Wildman–Crippen LogP) is 5.90. The van der Waals surface area contributed by atoms with Gasteiger partial charge < -0.3 is 0 Å². The van der Waals surface area contributed by atoms with Gasteiger partial charge in [-0.2, -0.15) is 0 Å². The second-order valence-corrected chi connectivity index (χ2v) is 5.98. The van der Waals surface area contributed by atoms with E-state index in [0.29, 0.717) is 19.6 Å². The first-order valence-electron chi connectivity index (χ1n) is 3.50. The molecule has 0 saturated carbocycles. The van der Waals surface area contributed by atoms with Crippen LogP contribution in [0.4, 0.5) is 4.39 Å². The Morgan fingerprint density at radius 2 is 1.21 bits per heavy atom. The van der Waals surface area contributed by atoms with E-state index in [-0.39, 0.29) is 5.82 Å². The Bertz CT molecular complexity index is 328. The molecule has 0 aromatic heterocycles. The zero-order chi connectivity index (χ0) is 10.9. The maximum Gasteiger partial charge on any atom is 0.153 e. The lowest BCUT2D eigenvalue weighted by atomic mass is 10.1. The predicted molar refractivity (Wildman–Crippen MR) is 74.8 cm³/mol. The molecule has 0 fully saturated rings.